The lowest BCUT2D eigenvalue weighted by molar-refractivity contribution is 0.152. The summed E-state index contributed by atoms with van der Waals surface area (Å²) in [6.07, 6.45) is 3.92. The van der Waals surface area contributed by atoms with Crippen molar-refractivity contribution in [2.45, 2.75) is 38.8 Å². The van der Waals surface area contributed by atoms with Crippen molar-refractivity contribution in [3.63, 3.8) is 0 Å². The molecule has 3 heteroatoms. The van der Waals surface area contributed by atoms with Gasteiger partial charge in [-0.25, -0.2) is 0 Å². The van der Waals surface area contributed by atoms with Crippen molar-refractivity contribution in [1.29, 1.82) is 5.26 Å². The first-order valence-electron chi connectivity index (χ1n) is 6.03. The number of likely N-dealkylation sites (tertiary alicyclic amines) is 1. The molecule has 1 aliphatic rings. The summed E-state index contributed by atoms with van der Waals surface area (Å²) in [5, 5.41) is 9.05. The van der Waals surface area contributed by atoms with Crippen LogP contribution in [-0.2, 0) is 6.54 Å². The third-order valence-electron chi connectivity index (χ3n) is 3.45. The van der Waals surface area contributed by atoms with Gasteiger partial charge in [0.2, 0.25) is 0 Å². The lowest BCUT2D eigenvalue weighted by atomic mass is 10.0. The van der Waals surface area contributed by atoms with E-state index in [1.807, 2.05) is 18.2 Å². The van der Waals surface area contributed by atoms with Crippen molar-refractivity contribution in [2.24, 2.45) is 0 Å². The van der Waals surface area contributed by atoms with Crippen molar-refractivity contribution in [1.82, 2.24) is 4.90 Å². The molecule has 1 heterocycles. The van der Waals surface area contributed by atoms with Gasteiger partial charge in [-0.05, 0) is 37.9 Å². The molecule has 0 N–H and O–H groups in total. The second kappa shape index (κ2) is 6.64. The number of hydrogen-bond acceptors (Lipinski definition) is 2. The molecule has 1 aromatic rings. The smallest absolute Gasteiger partial charge is 0.0995 e. The van der Waals surface area contributed by atoms with E-state index in [4.69, 9.17) is 5.26 Å². The first-order valence-corrected chi connectivity index (χ1v) is 6.03. The molecule has 17 heavy (non-hydrogen) atoms. The van der Waals surface area contributed by atoms with Gasteiger partial charge in [0.15, 0.2) is 0 Å². The van der Waals surface area contributed by atoms with E-state index < -0.39 is 0 Å². The number of nitrogens with zero attached hydrogens (tertiary/aromatic N) is 2. The van der Waals surface area contributed by atoms with E-state index in [1.54, 1.807) is 0 Å². The molecule has 1 saturated heterocycles. The maximum atomic E-state index is 9.05. The lowest BCUT2D eigenvalue weighted by Gasteiger charge is -2.33. The zero-order valence-electron chi connectivity index (χ0n) is 10.2. The van der Waals surface area contributed by atoms with E-state index in [2.05, 4.69) is 24.0 Å². The highest BCUT2D eigenvalue weighted by Gasteiger charge is 2.18. The minimum atomic E-state index is 0. The molecule has 0 bridgehead atoms. The summed E-state index contributed by atoms with van der Waals surface area (Å²) in [7, 11) is 0. The molecule has 92 valence electrons. The summed E-state index contributed by atoms with van der Waals surface area (Å²) in [6.45, 7) is 4.37. The lowest BCUT2D eigenvalue weighted by Crippen LogP contribution is -2.36. The Kier molecular flexibility index (Phi) is 5.47. The van der Waals surface area contributed by atoms with Crippen molar-refractivity contribution in [3.8, 4) is 6.07 Å². The molecule has 2 nitrogen and oxygen atoms in total. The van der Waals surface area contributed by atoms with E-state index >= 15 is 0 Å². The number of benzene rings is 1. The summed E-state index contributed by atoms with van der Waals surface area (Å²) >= 11 is 0. The van der Waals surface area contributed by atoms with Crippen LogP contribution in [0, 0.1) is 11.3 Å². The fourth-order valence-electron chi connectivity index (χ4n) is 2.38. The summed E-state index contributed by atoms with van der Waals surface area (Å²) in [4.78, 5) is 2.49. The SMILES string of the molecule is CC1CCCCN1Cc1ccccc1C#N.Cl. The molecule has 1 aromatic carbocycles. The average molecular weight is 251 g/mol. The van der Waals surface area contributed by atoms with Gasteiger partial charge in [0.25, 0.3) is 0 Å². The zero-order valence-corrected chi connectivity index (χ0v) is 11.0. The van der Waals surface area contributed by atoms with Crippen LogP contribution in [0.5, 0.6) is 0 Å². The maximum absolute atomic E-state index is 9.05. The Labute approximate surface area is 110 Å². The van der Waals surface area contributed by atoms with Gasteiger partial charge in [-0.1, -0.05) is 24.6 Å². The Morgan fingerprint density at radius 2 is 2.12 bits per heavy atom. The monoisotopic (exact) mass is 250 g/mol. The topological polar surface area (TPSA) is 27.0 Å². The highest BCUT2D eigenvalue weighted by atomic mass is 35.5. The average Bonchev–Trinajstić information content (AvgIpc) is 2.33. The van der Waals surface area contributed by atoms with Gasteiger partial charge in [-0.2, -0.15) is 5.26 Å². The largest absolute Gasteiger partial charge is 0.296 e. The van der Waals surface area contributed by atoms with E-state index in [1.165, 1.54) is 31.4 Å². The van der Waals surface area contributed by atoms with Gasteiger partial charge in [-0.15, -0.1) is 12.4 Å². The summed E-state index contributed by atoms with van der Waals surface area (Å²) < 4.78 is 0. The second-order valence-electron chi connectivity index (χ2n) is 4.58. The Morgan fingerprint density at radius 3 is 2.82 bits per heavy atom. The molecular formula is C14H19ClN2. The third kappa shape index (κ3) is 3.46. The second-order valence-corrected chi connectivity index (χ2v) is 4.58. The van der Waals surface area contributed by atoms with Gasteiger partial charge in [-0.3, -0.25) is 4.90 Å². The number of piperidine rings is 1. The minimum Gasteiger partial charge on any atom is -0.296 e. The van der Waals surface area contributed by atoms with Crippen LogP contribution in [0.2, 0.25) is 0 Å². The molecule has 0 aliphatic carbocycles. The number of rotatable bonds is 2. The zero-order chi connectivity index (χ0) is 11.4. The molecule has 1 unspecified atom stereocenters. The summed E-state index contributed by atoms with van der Waals surface area (Å²) in [5.41, 5.74) is 1.99. The predicted molar refractivity (Wildman–Crippen MR) is 72.1 cm³/mol. The van der Waals surface area contributed by atoms with Crippen LogP contribution in [0.1, 0.15) is 37.3 Å². The third-order valence-corrected chi connectivity index (χ3v) is 3.45. The molecule has 0 saturated carbocycles. The molecule has 0 spiro atoms. The standard InChI is InChI=1S/C14H18N2.ClH/c1-12-6-4-5-9-16(12)11-14-8-3-2-7-13(14)10-15;/h2-3,7-8,12H,4-6,9,11H2,1H3;1H. The maximum Gasteiger partial charge on any atom is 0.0995 e. The molecule has 0 amide bonds. The molecule has 0 radical (unpaired) electrons. The molecule has 2 rings (SSSR count). The number of hydrogen-bond donors (Lipinski definition) is 0. The van der Waals surface area contributed by atoms with Crippen molar-refractivity contribution in [2.75, 3.05) is 6.54 Å². The van der Waals surface area contributed by atoms with Gasteiger partial charge in [0, 0.05) is 12.6 Å². The van der Waals surface area contributed by atoms with Crippen LogP contribution in [0.3, 0.4) is 0 Å². The van der Waals surface area contributed by atoms with E-state index in [0.717, 1.165) is 12.1 Å². The van der Waals surface area contributed by atoms with Crippen molar-refractivity contribution in [3.05, 3.63) is 35.4 Å². The highest BCUT2D eigenvalue weighted by Crippen LogP contribution is 2.20. The van der Waals surface area contributed by atoms with Crippen LogP contribution >= 0.6 is 12.4 Å². The molecule has 1 atom stereocenters. The summed E-state index contributed by atoms with van der Waals surface area (Å²) in [5.74, 6) is 0. The quantitative estimate of drug-likeness (QED) is 0.805. The molecule has 1 aliphatic heterocycles. The molecule has 0 aromatic heterocycles. The Hall–Kier alpha value is -1.04. The van der Waals surface area contributed by atoms with Gasteiger partial charge in [0.05, 0.1) is 11.6 Å². The van der Waals surface area contributed by atoms with Crippen LogP contribution in [0.15, 0.2) is 24.3 Å². The van der Waals surface area contributed by atoms with Crippen LogP contribution in [-0.4, -0.2) is 17.5 Å². The van der Waals surface area contributed by atoms with Crippen LogP contribution < -0.4 is 0 Å². The first kappa shape index (κ1) is 14.0. The minimum absolute atomic E-state index is 0. The van der Waals surface area contributed by atoms with Crippen molar-refractivity contribution < 1.29 is 0 Å². The predicted octanol–water partition coefficient (Wildman–Crippen LogP) is 3.35. The van der Waals surface area contributed by atoms with E-state index in [0.29, 0.717) is 6.04 Å². The number of nitriles is 1. The Balaban J connectivity index is 0.00000144. The summed E-state index contributed by atoms with van der Waals surface area (Å²) in [6, 6.07) is 10.9. The fraction of sp³-hybridized carbons (Fsp3) is 0.500. The van der Waals surface area contributed by atoms with Gasteiger partial charge in [0.1, 0.15) is 0 Å². The Morgan fingerprint density at radius 1 is 1.35 bits per heavy atom. The Bertz CT molecular complexity index is 397. The fourth-order valence-corrected chi connectivity index (χ4v) is 2.38. The first-order chi connectivity index (χ1) is 7.81. The van der Waals surface area contributed by atoms with Gasteiger partial charge >= 0.3 is 0 Å². The normalized spacial score (nSPS) is 20.4. The van der Waals surface area contributed by atoms with Crippen molar-refractivity contribution >= 4 is 12.4 Å². The van der Waals surface area contributed by atoms with Gasteiger partial charge < -0.3 is 0 Å². The molecule has 1 fully saturated rings. The number of halogens is 1. The van der Waals surface area contributed by atoms with Crippen LogP contribution in [0.25, 0.3) is 0 Å². The molecular weight excluding hydrogens is 232 g/mol. The van der Waals surface area contributed by atoms with E-state index in [-0.39, 0.29) is 12.4 Å². The van der Waals surface area contributed by atoms with E-state index in [9.17, 15) is 0 Å². The highest BCUT2D eigenvalue weighted by molar-refractivity contribution is 5.85. The van der Waals surface area contributed by atoms with Crippen LogP contribution in [0.4, 0.5) is 0 Å².